The maximum atomic E-state index is 12.4. The number of ether oxygens (including phenoxy) is 2. The Balaban J connectivity index is 2.47. The van der Waals surface area contributed by atoms with E-state index >= 15 is 0 Å². The Morgan fingerprint density at radius 2 is 1.61 bits per heavy atom. The van der Waals surface area contributed by atoms with Gasteiger partial charge in [0.25, 0.3) is 0 Å². The third kappa shape index (κ3) is 6.79. The lowest BCUT2D eigenvalue weighted by Gasteiger charge is -2.12. The third-order valence-corrected chi connectivity index (χ3v) is 5.23. The first-order chi connectivity index (χ1) is 11.0. The fourth-order valence-corrected chi connectivity index (χ4v) is 3.59. The lowest BCUT2D eigenvalue weighted by molar-refractivity contribution is 0.386. The summed E-state index contributed by atoms with van der Waals surface area (Å²) >= 11 is 0. The van der Waals surface area contributed by atoms with Crippen molar-refractivity contribution in [2.75, 3.05) is 20.8 Å². The second kappa shape index (κ2) is 10.5. The van der Waals surface area contributed by atoms with E-state index in [1.807, 2.05) is 0 Å². The van der Waals surface area contributed by atoms with E-state index in [-0.39, 0.29) is 10.6 Å². The predicted molar refractivity (Wildman–Crippen MR) is 92.7 cm³/mol. The zero-order chi connectivity index (χ0) is 17.1. The molecule has 0 unspecified atom stereocenters. The lowest BCUT2D eigenvalue weighted by Crippen LogP contribution is -2.25. The fourth-order valence-electron chi connectivity index (χ4n) is 2.36. The van der Waals surface area contributed by atoms with Crippen LogP contribution in [-0.4, -0.2) is 29.2 Å². The normalized spacial score (nSPS) is 11.4. The van der Waals surface area contributed by atoms with Crippen LogP contribution in [0.4, 0.5) is 0 Å². The summed E-state index contributed by atoms with van der Waals surface area (Å²) < 4.78 is 37.6. The summed E-state index contributed by atoms with van der Waals surface area (Å²) in [6.45, 7) is 2.65. The van der Waals surface area contributed by atoms with Crippen LogP contribution in [0.1, 0.15) is 51.9 Å². The first-order valence-corrected chi connectivity index (χ1v) is 9.75. The number of rotatable bonds is 12. The second-order valence-electron chi connectivity index (χ2n) is 5.54. The van der Waals surface area contributed by atoms with E-state index in [1.54, 1.807) is 12.1 Å². The van der Waals surface area contributed by atoms with Gasteiger partial charge in [-0.2, -0.15) is 0 Å². The second-order valence-corrected chi connectivity index (χ2v) is 7.27. The van der Waals surface area contributed by atoms with E-state index in [0.717, 1.165) is 19.3 Å². The molecule has 0 aliphatic rings. The molecule has 1 rings (SSSR count). The molecule has 0 aliphatic heterocycles. The topological polar surface area (TPSA) is 64.6 Å². The van der Waals surface area contributed by atoms with Crippen molar-refractivity contribution >= 4 is 10.0 Å². The van der Waals surface area contributed by atoms with E-state index < -0.39 is 10.0 Å². The van der Waals surface area contributed by atoms with Crippen LogP contribution in [0, 0.1) is 0 Å². The average Bonchev–Trinajstić information content (AvgIpc) is 2.56. The molecule has 1 aromatic rings. The molecule has 0 atom stereocenters. The third-order valence-electron chi connectivity index (χ3n) is 3.73. The Hall–Kier alpha value is -1.27. The molecule has 0 aliphatic carbocycles. The first kappa shape index (κ1) is 19.8. The van der Waals surface area contributed by atoms with Crippen LogP contribution in [0.5, 0.6) is 11.5 Å². The maximum absolute atomic E-state index is 12.4. The number of sulfonamides is 1. The van der Waals surface area contributed by atoms with Gasteiger partial charge in [0, 0.05) is 12.6 Å². The molecule has 0 heterocycles. The van der Waals surface area contributed by atoms with Crippen molar-refractivity contribution in [1.29, 1.82) is 0 Å². The minimum atomic E-state index is -3.56. The molecule has 23 heavy (non-hydrogen) atoms. The molecule has 1 aromatic carbocycles. The van der Waals surface area contributed by atoms with E-state index in [1.165, 1.54) is 46.0 Å². The molecule has 5 nitrogen and oxygen atoms in total. The lowest BCUT2D eigenvalue weighted by atomic mass is 10.1. The van der Waals surface area contributed by atoms with Gasteiger partial charge in [-0.25, -0.2) is 13.1 Å². The van der Waals surface area contributed by atoms with Gasteiger partial charge in [0.1, 0.15) is 16.4 Å². The van der Waals surface area contributed by atoms with Crippen molar-refractivity contribution in [2.45, 2.75) is 56.8 Å². The SMILES string of the molecule is CCCCCCCCCNS(=O)(=O)c1ccc(OC)cc1OC. The van der Waals surface area contributed by atoms with Crippen molar-refractivity contribution in [3.8, 4) is 11.5 Å². The predicted octanol–water partition coefficient (Wildman–Crippen LogP) is 3.73. The van der Waals surface area contributed by atoms with Crippen LogP contribution in [-0.2, 0) is 10.0 Å². The standard InChI is InChI=1S/C17H29NO4S/c1-4-5-6-7-8-9-10-13-18-23(19,20)17-12-11-15(21-2)14-16(17)22-3/h11-12,14,18H,4-10,13H2,1-3H3. The number of unbranched alkanes of at least 4 members (excludes halogenated alkanes) is 6. The van der Waals surface area contributed by atoms with E-state index in [4.69, 9.17) is 9.47 Å². The van der Waals surface area contributed by atoms with Crippen molar-refractivity contribution in [2.24, 2.45) is 0 Å². The number of methoxy groups -OCH3 is 2. The van der Waals surface area contributed by atoms with Gasteiger partial charge in [-0.1, -0.05) is 45.4 Å². The maximum Gasteiger partial charge on any atom is 0.244 e. The molecular weight excluding hydrogens is 314 g/mol. The number of benzene rings is 1. The molecule has 0 amide bonds. The first-order valence-electron chi connectivity index (χ1n) is 8.27. The van der Waals surface area contributed by atoms with Crippen LogP contribution in [0.15, 0.2) is 23.1 Å². The van der Waals surface area contributed by atoms with Gasteiger partial charge >= 0.3 is 0 Å². The largest absolute Gasteiger partial charge is 0.497 e. The van der Waals surface area contributed by atoms with Gasteiger partial charge in [-0.05, 0) is 18.6 Å². The summed E-state index contributed by atoms with van der Waals surface area (Å²) in [4.78, 5) is 0.142. The van der Waals surface area contributed by atoms with Crippen molar-refractivity contribution in [3.05, 3.63) is 18.2 Å². The van der Waals surface area contributed by atoms with Crippen LogP contribution < -0.4 is 14.2 Å². The highest BCUT2D eigenvalue weighted by molar-refractivity contribution is 7.89. The Morgan fingerprint density at radius 3 is 2.22 bits per heavy atom. The van der Waals surface area contributed by atoms with Crippen LogP contribution in [0.25, 0.3) is 0 Å². The summed E-state index contributed by atoms with van der Waals surface area (Å²) in [5, 5.41) is 0. The number of nitrogens with one attached hydrogen (secondary N) is 1. The van der Waals surface area contributed by atoms with Gasteiger partial charge in [0.05, 0.1) is 14.2 Å². The minimum absolute atomic E-state index is 0.142. The van der Waals surface area contributed by atoms with Gasteiger partial charge in [0.15, 0.2) is 0 Å². The Kier molecular flexibility index (Phi) is 9.02. The van der Waals surface area contributed by atoms with E-state index in [2.05, 4.69) is 11.6 Å². The summed E-state index contributed by atoms with van der Waals surface area (Å²) in [7, 11) is -0.582. The van der Waals surface area contributed by atoms with Crippen molar-refractivity contribution in [3.63, 3.8) is 0 Å². The molecule has 0 aromatic heterocycles. The molecule has 0 bridgehead atoms. The molecule has 0 spiro atoms. The van der Waals surface area contributed by atoms with Gasteiger partial charge in [-0.3, -0.25) is 0 Å². The highest BCUT2D eigenvalue weighted by Crippen LogP contribution is 2.28. The summed E-state index contributed by atoms with van der Waals surface area (Å²) in [6.07, 6.45) is 8.08. The molecular formula is C17H29NO4S. The molecule has 0 fully saturated rings. The fraction of sp³-hybridized carbons (Fsp3) is 0.647. The van der Waals surface area contributed by atoms with Crippen molar-refractivity contribution in [1.82, 2.24) is 4.72 Å². The van der Waals surface area contributed by atoms with Gasteiger partial charge in [-0.15, -0.1) is 0 Å². The molecule has 1 N–H and O–H groups in total. The zero-order valence-electron chi connectivity index (χ0n) is 14.4. The van der Waals surface area contributed by atoms with Crippen LogP contribution >= 0.6 is 0 Å². The van der Waals surface area contributed by atoms with Crippen LogP contribution in [0.3, 0.4) is 0 Å². The highest BCUT2D eigenvalue weighted by atomic mass is 32.2. The summed E-state index contributed by atoms with van der Waals surface area (Å²) in [5.41, 5.74) is 0. The summed E-state index contributed by atoms with van der Waals surface area (Å²) in [6, 6.07) is 4.69. The van der Waals surface area contributed by atoms with E-state index in [9.17, 15) is 8.42 Å². The molecule has 0 radical (unpaired) electrons. The molecule has 0 saturated carbocycles. The highest BCUT2D eigenvalue weighted by Gasteiger charge is 2.19. The molecule has 0 saturated heterocycles. The number of hydrogen-bond acceptors (Lipinski definition) is 4. The number of hydrogen-bond donors (Lipinski definition) is 1. The zero-order valence-corrected chi connectivity index (χ0v) is 15.2. The van der Waals surface area contributed by atoms with E-state index in [0.29, 0.717) is 12.3 Å². The van der Waals surface area contributed by atoms with Crippen LogP contribution in [0.2, 0.25) is 0 Å². The van der Waals surface area contributed by atoms with Crippen molar-refractivity contribution < 1.29 is 17.9 Å². The Labute approximate surface area is 140 Å². The average molecular weight is 343 g/mol. The summed E-state index contributed by atoms with van der Waals surface area (Å²) in [5.74, 6) is 0.851. The minimum Gasteiger partial charge on any atom is -0.497 e. The molecule has 6 heteroatoms. The van der Waals surface area contributed by atoms with Gasteiger partial charge < -0.3 is 9.47 Å². The Bertz CT molecular complexity index is 558. The quantitative estimate of drug-likeness (QED) is 0.587. The van der Waals surface area contributed by atoms with Gasteiger partial charge in [0.2, 0.25) is 10.0 Å². The molecule has 132 valence electrons. The Morgan fingerprint density at radius 1 is 0.957 bits per heavy atom. The smallest absolute Gasteiger partial charge is 0.244 e. The monoisotopic (exact) mass is 343 g/mol.